The van der Waals surface area contributed by atoms with Crippen LogP contribution in [0.25, 0.3) is 0 Å². The number of anilines is 2. The van der Waals surface area contributed by atoms with Crippen LogP contribution in [-0.4, -0.2) is 0 Å². The van der Waals surface area contributed by atoms with Crippen molar-refractivity contribution in [1.29, 1.82) is 0 Å². The Hall–Kier alpha value is -1.45. The van der Waals surface area contributed by atoms with E-state index in [1.807, 2.05) is 0 Å². The predicted molar refractivity (Wildman–Crippen MR) is 74.6 cm³/mol. The lowest BCUT2D eigenvalue weighted by atomic mass is 10.2. The lowest BCUT2D eigenvalue weighted by Crippen LogP contribution is -2.02. The molecule has 0 aliphatic rings. The standard InChI is InChI=1S/C13H11Cl2FN2/c14-10-5-12(17)13(6-11(10)15)18-7-8-1-3-9(16)4-2-8/h1-6,18H,7,17H2. The van der Waals surface area contributed by atoms with E-state index in [1.54, 1.807) is 24.3 Å². The highest BCUT2D eigenvalue weighted by Gasteiger charge is 2.04. The van der Waals surface area contributed by atoms with Crippen LogP contribution < -0.4 is 11.1 Å². The third-order valence-electron chi connectivity index (χ3n) is 2.49. The molecule has 0 aliphatic heterocycles. The van der Waals surface area contributed by atoms with E-state index in [9.17, 15) is 4.39 Å². The number of nitrogens with two attached hydrogens (primary N) is 1. The molecule has 0 saturated carbocycles. The highest BCUT2D eigenvalue weighted by molar-refractivity contribution is 6.42. The van der Waals surface area contributed by atoms with Gasteiger partial charge in [0, 0.05) is 6.54 Å². The average Bonchev–Trinajstić information content (AvgIpc) is 2.34. The molecule has 0 bridgehead atoms. The van der Waals surface area contributed by atoms with E-state index >= 15 is 0 Å². The molecule has 0 heterocycles. The maximum Gasteiger partial charge on any atom is 0.123 e. The molecule has 0 amide bonds. The van der Waals surface area contributed by atoms with Crippen LogP contribution >= 0.6 is 23.2 Å². The van der Waals surface area contributed by atoms with Crippen molar-refractivity contribution in [3.05, 3.63) is 57.8 Å². The Balaban J connectivity index is 2.10. The smallest absolute Gasteiger partial charge is 0.123 e. The van der Waals surface area contributed by atoms with E-state index in [0.29, 0.717) is 28.0 Å². The Morgan fingerprint density at radius 3 is 2.33 bits per heavy atom. The van der Waals surface area contributed by atoms with Gasteiger partial charge in [0.05, 0.1) is 21.4 Å². The number of nitrogen functional groups attached to an aromatic ring is 1. The first-order chi connectivity index (χ1) is 8.56. The zero-order chi connectivity index (χ0) is 13.1. The van der Waals surface area contributed by atoms with Crippen LogP contribution in [0.15, 0.2) is 36.4 Å². The normalized spacial score (nSPS) is 10.4. The minimum Gasteiger partial charge on any atom is -0.397 e. The van der Waals surface area contributed by atoms with Gasteiger partial charge in [-0.15, -0.1) is 0 Å². The lowest BCUT2D eigenvalue weighted by Gasteiger charge is -2.10. The molecule has 0 saturated heterocycles. The van der Waals surface area contributed by atoms with Crippen molar-refractivity contribution in [3.8, 4) is 0 Å². The van der Waals surface area contributed by atoms with Crippen molar-refractivity contribution >= 4 is 34.6 Å². The maximum absolute atomic E-state index is 12.7. The van der Waals surface area contributed by atoms with Gasteiger partial charge in [0.1, 0.15) is 5.82 Å². The number of nitrogens with one attached hydrogen (secondary N) is 1. The first-order valence-electron chi connectivity index (χ1n) is 5.29. The molecule has 0 unspecified atom stereocenters. The van der Waals surface area contributed by atoms with E-state index in [-0.39, 0.29) is 5.82 Å². The molecule has 3 N–H and O–H groups in total. The quantitative estimate of drug-likeness (QED) is 0.824. The van der Waals surface area contributed by atoms with Crippen molar-refractivity contribution in [2.75, 3.05) is 11.1 Å². The van der Waals surface area contributed by atoms with Gasteiger partial charge in [0.25, 0.3) is 0 Å². The molecule has 0 spiro atoms. The Morgan fingerprint density at radius 1 is 1.06 bits per heavy atom. The molecule has 0 aliphatic carbocycles. The van der Waals surface area contributed by atoms with Crippen LogP contribution in [0.2, 0.25) is 10.0 Å². The first kappa shape index (κ1) is 13.0. The summed E-state index contributed by atoms with van der Waals surface area (Å²) < 4.78 is 12.7. The summed E-state index contributed by atoms with van der Waals surface area (Å²) in [5.41, 5.74) is 7.98. The van der Waals surface area contributed by atoms with Crippen molar-refractivity contribution in [2.45, 2.75) is 6.54 Å². The molecule has 0 radical (unpaired) electrons. The molecule has 18 heavy (non-hydrogen) atoms. The van der Waals surface area contributed by atoms with Gasteiger partial charge >= 0.3 is 0 Å². The van der Waals surface area contributed by atoms with Gasteiger partial charge in [-0.25, -0.2) is 4.39 Å². The van der Waals surface area contributed by atoms with Gasteiger partial charge in [-0.05, 0) is 29.8 Å². The molecule has 0 aromatic heterocycles. The molecule has 5 heteroatoms. The van der Waals surface area contributed by atoms with Gasteiger partial charge in [0.2, 0.25) is 0 Å². The first-order valence-corrected chi connectivity index (χ1v) is 6.04. The number of benzene rings is 2. The van der Waals surface area contributed by atoms with Gasteiger partial charge < -0.3 is 11.1 Å². The molecule has 2 aromatic rings. The Bertz CT molecular complexity index is 556. The maximum atomic E-state index is 12.7. The zero-order valence-corrected chi connectivity index (χ0v) is 10.9. The summed E-state index contributed by atoms with van der Waals surface area (Å²) in [6.07, 6.45) is 0. The second kappa shape index (κ2) is 5.46. The fraction of sp³-hybridized carbons (Fsp3) is 0.0769. The van der Waals surface area contributed by atoms with Crippen molar-refractivity contribution in [2.24, 2.45) is 0 Å². The van der Waals surface area contributed by atoms with Crippen molar-refractivity contribution in [1.82, 2.24) is 0 Å². The monoisotopic (exact) mass is 284 g/mol. The van der Waals surface area contributed by atoms with Crippen molar-refractivity contribution in [3.63, 3.8) is 0 Å². The van der Waals surface area contributed by atoms with Crippen molar-refractivity contribution < 1.29 is 4.39 Å². The summed E-state index contributed by atoms with van der Waals surface area (Å²) in [6.45, 7) is 0.530. The van der Waals surface area contributed by atoms with Crippen LogP contribution in [0.1, 0.15) is 5.56 Å². The molecule has 94 valence electrons. The Kier molecular flexibility index (Phi) is 3.94. The summed E-state index contributed by atoms with van der Waals surface area (Å²) in [6, 6.07) is 9.50. The van der Waals surface area contributed by atoms with Crippen LogP contribution in [0.5, 0.6) is 0 Å². The molecular weight excluding hydrogens is 274 g/mol. The third kappa shape index (κ3) is 3.06. The third-order valence-corrected chi connectivity index (χ3v) is 3.21. The molecular formula is C13H11Cl2FN2. The molecule has 0 atom stereocenters. The van der Waals surface area contributed by atoms with Crippen LogP contribution in [0.4, 0.5) is 15.8 Å². The topological polar surface area (TPSA) is 38.0 Å². The minimum absolute atomic E-state index is 0.257. The molecule has 2 rings (SSSR count). The van der Waals surface area contributed by atoms with E-state index in [2.05, 4.69) is 5.32 Å². The highest BCUT2D eigenvalue weighted by atomic mass is 35.5. The summed E-state index contributed by atoms with van der Waals surface area (Å²) in [4.78, 5) is 0. The Morgan fingerprint density at radius 2 is 1.67 bits per heavy atom. The van der Waals surface area contributed by atoms with Gasteiger partial charge in [0.15, 0.2) is 0 Å². The SMILES string of the molecule is Nc1cc(Cl)c(Cl)cc1NCc1ccc(F)cc1. The van der Waals surface area contributed by atoms with Gasteiger partial charge in [-0.3, -0.25) is 0 Å². The largest absolute Gasteiger partial charge is 0.397 e. The highest BCUT2D eigenvalue weighted by Crippen LogP contribution is 2.30. The molecule has 2 aromatic carbocycles. The second-order valence-corrected chi connectivity index (χ2v) is 4.65. The minimum atomic E-state index is -0.257. The van der Waals surface area contributed by atoms with Crippen LogP contribution in [0.3, 0.4) is 0 Å². The number of hydrogen-bond donors (Lipinski definition) is 2. The average molecular weight is 285 g/mol. The van der Waals surface area contributed by atoms with Crippen LogP contribution in [-0.2, 0) is 6.54 Å². The van der Waals surface area contributed by atoms with E-state index < -0.39 is 0 Å². The van der Waals surface area contributed by atoms with Gasteiger partial charge in [-0.2, -0.15) is 0 Å². The predicted octanol–water partition coefficient (Wildman–Crippen LogP) is 4.33. The van der Waals surface area contributed by atoms with E-state index in [1.165, 1.54) is 12.1 Å². The van der Waals surface area contributed by atoms with E-state index in [4.69, 9.17) is 28.9 Å². The number of halogens is 3. The Labute approximate surface area is 115 Å². The van der Waals surface area contributed by atoms with E-state index in [0.717, 1.165) is 5.56 Å². The summed E-state index contributed by atoms with van der Waals surface area (Å²) in [7, 11) is 0. The summed E-state index contributed by atoms with van der Waals surface area (Å²) >= 11 is 11.8. The molecule has 2 nitrogen and oxygen atoms in total. The van der Waals surface area contributed by atoms with Gasteiger partial charge in [-0.1, -0.05) is 35.3 Å². The summed E-state index contributed by atoms with van der Waals surface area (Å²) in [5.74, 6) is -0.257. The zero-order valence-electron chi connectivity index (χ0n) is 9.38. The lowest BCUT2D eigenvalue weighted by molar-refractivity contribution is 0.627. The summed E-state index contributed by atoms with van der Waals surface area (Å²) in [5, 5.41) is 3.98. The fourth-order valence-corrected chi connectivity index (χ4v) is 1.85. The number of rotatable bonds is 3. The second-order valence-electron chi connectivity index (χ2n) is 3.83. The fourth-order valence-electron chi connectivity index (χ4n) is 1.51. The molecule has 0 fully saturated rings. The number of hydrogen-bond acceptors (Lipinski definition) is 2. The van der Waals surface area contributed by atoms with Crippen LogP contribution in [0, 0.1) is 5.82 Å².